The third-order valence-corrected chi connectivity index (χ3v) is 5.31. The van der Waals surface area contributed by atoms with Gasteiger partial charge in [-0.3, -0.25) is 4.57 Å². The second-order valence-corrected chi connectivity index (χ2v) is 7.00. The van der Waals surface area contributed by atoms with E-state index in [9.17, 15) is 10.1 Å². The molecule has 11 heteroatoms. The van der Waals surface area contributed by atoms with Crippen molar-refractivity contribution in [2.45, 2.75) is 16.7 Å². The molecule has 0 fully saturated rings. The van der Waals surface area contributed by atoms with Gasteiger partial charge in [0.25, 0.3) is 0 Å². The fourth-order valence-corrected chi connectivity index (χ4v) is 3.70. The van der Waals surface area contributed by atoms with Crippen molar-refractivity contribution < 1.29 is 14.1 Å². The number of furan rings is 1. The van der Waals surface area contributed by atoms with Gasteiger partial charge in [0.05, 0.1) is 19.9 Å². The van der Waals surface area contributed by atoms with Crippen LogP contribution in [0.2, 0.25) is 0 Å². The minimum Gasteiger partial charge on any atom is -0.497 e. The zero-order chi connectivity index (χ0) is 20.4. The van der Waals surface area contributed by atoms with Gasteiger partial charge in [-0.2, -0.15) is 0 Å². The molecular formula is C18H16N6O4S. The SMILES string of the molecule is COc1cccc(-c2nnc(Sc3c([N+](=O)[O-])ncn3C)n2Cc2ccco2)c1. The molecular weight excluding hydrogens is 396 g/mol. The van der Waals surface area contributed by atoms with Gasteiger partial charge in [0.15, 0.2) is 16.0 Å². The van der Waals surface area contributed by atoms with E-state index in [0.29, 0.717) is 34.1 Å². The minimum absolute atomic E-state index is 0.229. The van der Waals surface area contributed by atoms with Gasteiger partial charge >= 0.3 is 5.82 Å². The van der Waals surface area contributed by atoms with Gasteiger partial charge in [-0.25, -0.2) is 0 Å². The van der Waals surface area contributed by atoms with Crippen LogP contribution in [0, 0.1) is 10.1 Å². The zero-order valence-electron chi connectivity index (χ0n) is 15.6. The molecule has 0 amide bonds. The summed E-state index contributed by atoms with van der Waals surface area (Å²) in [6.45, 7) is 0.362. The number of methoxy groups -OCH3 is 1. The Hall–Kier alpha value is -3.60. The minimum atomic E-state index is -0.515. The van der Waals surface area contributed by atoms with E-state index in [1.165, 1.54) is 6.33 Å². The fraction of sp³-hybridized carbons (Fsp3) is 0.167. The summed E-state index contributed by atoms with van der Waals surface area (Å²) in [5, 5.41) is 20.7. The summed E-state index contributed by atoms with van der Waals surface area (Å²) in [7, 11) is 3.29. The molecule has 0 N–H and O–H groups in total. The van der Waals surface area contributed by atoms with E-state index >= 15 is 0 Å². The first-order valence-corrected chi connectivity index (χ1v) is 9.32. The van der Waals surface area contributed by atoms with Crippen molar-refractivity contribution in [3.05, 3.63) is 64.9 Å². The van der Waals surface area contributed by atoms with Crippen LogP contribution in [0.25, 0.3) is 11.4 Å². The molecule has 0 bridgehead atoms. The molecule has 10 nitrogen and oxygen atoms in total. The molecule has 4 aromatic rings. The average Bonchev–Trinajstić information content (AvgIpc) is 3.45. The standard InChI is InChI=1S/C18H16N6O4S/c1-22-11-19-16(24(25)26)17(22)29-18-21-20-15(12-5-3-6-13(9-12)27-2)23(18)10-14-7-4-8-28-14/h3-9,11H,10H2,1-2H3. The summed E-state index contributed by atoms with van der Waals surface area (Å²) in [6, 6.07) is 11.1. The summed E-state index contributed by atoms with van der Waals surface area (Å²) >= 11 is 1.12. The highest BCUT2D eigenvalue weighted by Crippen LogP contribution is 2.35. The topological polar surface area (TPSA) is 114 Å². The summed E-state index contributed by atoms with van der Waals surface area (Å²) < 4.78 is 14.2. The second-order valence-electron chi connectivity index (χ2n) is 6.05. The molecule has 1 aromatic carbocycles. The predicted octanol–water partition coefficient (Wildman–Crippen LogP) is 3.39. The number of hydrogen-bond donors (Lipinski definition) is 0. The average molecular weight is 412 g/mol. The Morgan fingerprint density at radius 3 is 2.86 bits per heavy atom. The number of nitrogens with zero attached hydrogens (tertiary/aromatic N) is 6. The lowest BCUT2D eigenvalue weighted by Gasteiger charge is -2.09. The number of aryl methyl sites for hydroxylation is 1. The molecule has 0 atom stereocenters. The van der Waals surface area contributed by atoms with E-state index in [1.807, 2.05) is 34.9 Å². The molecule has 0 radical (unpaired) electrons. The first-order valence-electron chi connectivity index (χ1n) is 8.50. The quantitative estimate of drug-likeness (QED) is 0.335. The third-order valence-electron chi connectivity index (χ3n) is 4.16. The van der Waals surface area contributed by atoms with E-state index in [0.717, 1.165) is 17.3 Å². The van der Waals surface area contributed by atoms with Crippen molar-refractivity contribution in [2.75, 3.05) is 7.11 Å². The van der Waals surface area contributed by atoms with E-state index in [1.54, 1.807) is 31.1 Å². The Labute approximate surface area is 169 Å². The summed E-state index contributed by atoms with van der Waals surface area (Å²) in [5.41, 5.74) is 0.801. The normalized spacial score (nSPS) is 11.0. The smallest absolute Gasteiger partial charge is 0.396 e. The molecule has 0 saturated carbocycles. The van der Waals surface area contributed by atoms with Crippen LogP contribution >= 0.6 is 11.8 Å². The molecule has 0 unspecified atom stereocenters. The van der Waals surface area contributed by atoms with Gasteiger partial charge in [0, 0.05) is 12.6 Å². The number of aromatic nitrogens is 5. The number of benzene rings is 1. The van der Waals surface area contributed by atoms with Crippen LogP contribution in [0.5, 0.6) is 5.75 Å². The maximum atomic E-state index is 11.3. The molecule has 0 aliphatic carbocycles. The highest BCUT2D eigenvalue weighted by Gasteiger charge is 2.25. The van der Waals surface area contributed by atoms with Gasteiger partial charge < -0.3 is 23.8 Å². The fourth-order valence-electron chi connectivity index (χ4n) is 2.78. The predicted molar refractivity (Wildman–Crippen MR) is 104 cm³/mol. The van der Waals surface area contributed by atoms with Crippen LogP contribution < -0.4 is 4.74 Å². The van der Waals surface area contributed by atoms with Gasteiger partial charge in [-0.15, -0.1) is 10.2 Å². The first-order chi connectivity index (χ1) is 14.1. The molecule has 3 heterocycles. The van der Waals surface area contributed by atoms with Crippen molar-refractivity contribution in [1.82, 2.24) is 24.3 Å². The van der Waals surface area contributed by atoms with Gasteiger partial charge in [0.1, 0.15) is 11.5 Å². The van der Waals surface area contributed by atoms with Gasteiger partial charge in [-0.05, 0) is 45.9 Å². The van der Waals surface area contributed by atoms with Crippen molar-refractivity contribution in [2.24, 2.45) is 7.05 Å². The molecule has 0 spiro atoms. The Morgan fingerprint density at radius 2 is 2.14 bits per heavy atom. The maximum Gasteiger partial charge on any atom is 0.396 e. The van der Waals surface area contributed by atoms with E-state index < -0.39 is 4.92 Å². The van der Waals surface area contributed by atoms with Crippen LogP contribution in [-0.4, -0.2) is 36.3 Å². The maximum absolute atomic E-state index is 11.3. The largest absolute Gasteiger partial charge is 0.497 e. The summed E-state index contributed by atoms with van der Waals surface area (Å²) in [6.07, 6.45) is 2.99. The first kappa shape index (κ1) is 18.7. The number of imidazole rings is 1. The number of hydrogen-bond acceptors (Lipinski definition) is 8. The third kappa shape index (κ3) is 3.72. The Bertz CT molecular complexity index is 1150. The van der Waals surface area contributed by atoms with Gasteiger partial charge in [0.2, 0.25) is 6.33 Å². The van der Waals surface area contributed by atoms with Crippen molar-refractivity contribution in [3.8, 4) is 17.1 Å². The number of nitro groups is 1. The summed E-state index contributed by atoms with van der Waals surface area (Å²) in [5.74, 6) is 1.75. The van der Waals surface area contributed by atoms with Crippen LogP contribution in [0.15, 0.2) is 63.6 Å². The Morgan fingerprint density at radius 1 is 1.28 bits per heavy atom. The Balaban J connectivity index is 1.79. The lowest BCUT2D eigenvalue weighted by Crippen LogP contribution is -2.04. The van der Waals surface area contributed by atoms with Crippen molar-refractivity contribution in [3.63, 3.8) is 0 Å². The molecule has 148 valence electrons. The van der Waals surface area contributed by atoms with Crippen LogP contribution in [0.1, 0.15) is 5.76 Å². The molecule has 29 heavy (non-hydrogen) atoms. The molecule has 0 aliphatic rings. The highest BCUT2D eigenvalue weighted by molar-refractivity contribution is 7.99. The van der Waals surface area contributed by atoms with Crippen LogP contribution in [-0.2, 0) is 13.6 Å². The number of ether oxygens (including phenoxy) is 1. The lowest BCUT2D eigenvalue weighted by atomic mass is 10.2. The number of rotatable bonds is 7. The van der Waals surface area contributed by atoms with Crippen LogP contribution in [0.4, 0.5) is 5.82 Å². The van der Waals surface area contributed by atoms with E-state index in [2.05, 4.69) is 15.2 Å². The van der Waals surface area contributed by atoms with E-state index in [4.69, 9.17) is 9.15 Å². The monoisotopic (exact) mass is 412 g/mol. The molecule has 0 saturated heterocycles. The lowest BCUT2D eigenvalue weighted by molar-refractivity contribution is -0.392. The second kappa shape index (κ2) is 7.80. The van der Waals surface area contributed by atoms with Crippen LogP contribution in [0.3, 0.4) is 0 Å². The molecule has 3 aromatic heterocycles. The van der Waals surface area contributed by atoms with Crippen molar-refractivity contribution in [1.29, 1.82) is 0 Å². The molecule has 0 aliphatic heterocycles. The zero-order valence-corrected chi connectivity index (χ0v) is 16.4. The Kier molecular flexibility index (Phi) is 5.04. The summed E-state index contributed by atoms with van der Waals surface area (Å²) in [4.78, 5) is 14.6. The highest BCUT2D eigenvalue weighted by atomic mass is 32.2. The molecule has 4 rings (SSSR count). The van der Waals surface area contributed by atoms with Gasteiger partial charge in [-0.1, -0.05) is 12.1 Å². The van der Waals surface area contributed by atoms with E-state index in [-0.39, 0.29) is 5.82 Å². The van der Waals surface area contributed by atoms with Crippen molar-refractivity contribution >= 4 is 17.6 Å².